The molecule has 1 aromatic rings. The maximum atomic E-state index is 12.4. The van der Waals surface area contributed by atoms with Gasteiger partial charge in [0.05, 0.1) is 11.4 Å². The van der Waals surface area contributed by atoms with E-state index in [1.54, 1.807) is 6.07 Å². The molecule has 8 heteroatoms. The van der Waals surface area contributed by atoms with Crippen LogP contribution in [0.1, 0.15) is 28.9 Å². The minimum atomic E-state index is -4.12. The lowest BCUT2D eigenvalue weighted by Crippen LogP contribution is -2.47. The third-order valence-corrected chi connectivity index (χ3v) is 5.16. The van der Waals surface area contributed by atoms with Crippen molar-refractivity contribution >= 4 is 17.2 Å². The predicted octanol–water partition coefficient (Wildman–Crippen LogP) is 2.24. The number of amides is 1. The number of thiophene rings is 1. The fraction of sp³-hybridized carbons (Fsp3) is 0.667. The van der Waals surface area contributed by atoms with Crippen LogP contribution in [-0.2, 0) is 0 Å². The second-order valence-corrected chi connectivity index (χ2v) is 7.18. The highest BCUT2D eigenvalue weighted by Crippen LogP contribution is 2.26. The van der Waals surface area contributed by atoms with Crippen molar-refractivity contribution in [3.05, 3.63) is 22.4 Å². The Kier molecular flexibility index (Phi) is 4.93. The van der Waals surface area contributed by atoms with Crippen LogP contribution in [0.3, 0.4) is 0 Å². The smallest absolute Gasteiger partial charge is 0.347 e. The Balaban J connectivity index is 1.35. The first-order valence-corrected chi connectivity index (χ1v) is 8.68. The zero-order valence-electron chi connectivity index (χ0n) is 12.6. The molecule has 4 nitrogen and oxygen atoms in total. The number of piperidine rings is 1. The lowest BCUT2D eigenvalue weighted by Gasteiger charge is -2.32. The highest BCUT2D eigenvalue weighted by molar-refractivity contribution is 7.12. The third kappa shape index (κ3) is 4.92. The summed E-state index contributed by atoms with van der Waals surface area (Å²) in [5, 5.41) is 8.31. The second kappa shape index (κ2) is 6.78. The van der Waals surface area contributed by atoms with E-state index in [4.69, 9.17) is 0 Å². The molecule has 1 aliphatic heterocycles. The predicted molar refractivity (Wildman–Crippen MR) is 82.6 cm³/mol. The van der Waals surface area contributed by atoms with Gasteiger partial charge in [-0.2, -0.15) is 13.2 Å². The van der Waals surface area contributed by atoms with E-state index in [9.17, 15) is 18.0 Å². The van der Waals surface area contributed by atoms with Crippen molar-refractivity contribution in [2.75, 3.05) is 19.6 Å². The van der Waals surface area contributed by atoms with Gasteiger partial charge in [0.2, 0.25) is 0 Å². The summed E-state index contributed by atoms with van der Waals surface area (Å²) in [7, 11) is 0. The maximum Gasteiger partial charge on any atom is 0.401 e. The molecule has 2 atom stereocenters. The Morgan fingerprint density at radius 2 is 2.04 bits per heavy atom. The SMILES string of the molecule is O=C(NC1CC1NC1CCN(CC(F)(F)F)CC1)c1cccs1. The van der Waals surface area contributed by atoms with Crippen LogP contribution in [0.4, 0.5) is 13.2 Å². The summed E-state index contributed by atoms with van der Waals surface area (Å²) >= 11 is 1.41. The molecule has 1 aromatic heterocycles. The van der Waals surface area contributed by atoms with Gasteiger partial charge in [-0.1, -0.05) is 6.07 Å². The van der Waals surface area contributed by atoms with Crippen LogP contribution in [0.5, 0.6) is 0 Å². The minimum Gasteiger partial charge on any atom is -0.347 e. The van der Waals surface area contributed by atoms with Crippen LogP contribution in [0.25, 0.3) is 0 Å². The molecule has 1 saturated carbocycles. The van der Waals surface area contributed by atoms with Gasteiger partial charge in [-0.25, -0.2) is 0 Å². The molecule has 2 heterocycles. The van der Waals surface area contributed by atoms with Gasteiger partial charge >= 0.3 is 6.18 Å². The van der Waals surface area contributed by atoms with Crippen LogP contribution in [-0.4, -0.2) is 54.7 Å². The van der Waals surface area contributed by atoms with Gasteiger partial charge in [0.25, 0.3) is 5.91 Å². The van der Waals surface area contributed by atoms with Gasteiger partial charge in [0, 0.05) is 18.1 Å². The number of nitrogens with zero attached hydrogens (tertiary/aromatic N) is 1. The summed E-state index contributed by atoms with van der Waals surface area (Å²) in [6, 6.07) is 4.27. The van der Waals surface area contributed by atoms with Gasteiger partial charge in [0.15, 0.2) is 0 Å². The molecular weight excluding hydrogens is 327 g/mol. The van der Waals surface area contributed by atoms with Crippen LogP contribution >= 0.6 is 11.3 Å². The lowest BCUT2D eigenvalue weighted by molar-refractivity contribution is -0.148. The van der Waals surface area contributed by atoms with E-state index in [0.29, 0.717) is 18.0 Å². The highest BCUT2D eigenvalue weighted by atomic mass is 32.1. The van der Waals surface area contributed by atoms with Crippen molar-refractivity contribution < 1.29 is 18.0 Å². The quantitative estimate of drug-likeness (QED) is 0.859. The average molecular weight is 347 g/mol. The molecule has 23 heavy (non-hydrogen) atoms. The molecule has 128 valence electrons. The zero-order valence-corrected chi connectivity index (χ0v) is 13.4. The molecule has 0 bridgehead atoms. The molecule has 1 saturated heterocycles. The van der Waals surface area contributed by atoms with Gasteiger partial charge in [-0.15, -0.1) is 11.3 Å². The molecule has 2 aliphatic rings. The molecule has 2 N–H and O–H groups in total. The third-order valence-electron chi connectivity index (χ3n) is 4.29. The number of carbonyl (C=O) groups excluding carboxylic acids is 1. The Morgan fingerprint density at radius 1 is 1.30 bits per heavy atom. The molecule has 0 spiro atoms. The van der Waals surface area contributed by atoms with Crippen LogP contribution < -0.4 is 10.6 Å². The normalized spacial score (nSPS) is 26.2. The maximum absolute atomic E-state index is 12.4. The Labute approximate surface area is 137 Å². The topological polar surface area (TPSA) is 44.4 Å². The zero-order chi connectivity index (χ0) is 16.4. The molecule has 2 fully saturated rings. The molecule has 0 aromatic carbocycles. The Morgan fingerprint density at radius 3 is 2.65 bits per heavy atom. The van der Waals surface area contributed by atoms with Crippen molar-refractivity contribution in [1.82, 2.24) is 15.5 Å². The van der Waals surface area contributed by atoms with E-state index in [1.165, 1.54) is 16.2 Å². The first kappa shape index (κ1) is 16.7. The van der Waals surface area contributed by atoms with Crippen molar-refractivity contribution in [2.45, 2.75) is 43.6 Å². The van der Waals surface area contributed by atoms with Crippen LogP contribution in [0, 0.1) is 0 Å². The van der Waals surface area contributed by atoms with E-state index in [2.05, 4.69) is 10.6 Å². The number of hydrogen-bond acceptors (Lipinski definition) is 4. The number of rotatable bonds is 5. The monoisotopic (exact) mass is 347 g/mol. The van der Waals surface area contributed by atoms with E-state index in [-0.39, 0.29) is 24.0 Å². The van der Waals surface area contributed by atoms with E-state index in [0.717, 1.165) is 19.3 Å². The van der Waals surface area contributed by atoms with E-state index in [1.807, 2.05) is 11.4 Å². The highest BCUT2D eigenvalue weighted by Gasteiger charge is 2.40. The van der Waals surface area contributed by atoms with Crippen molar-refractivity contribution in [1.29, 1.82) is 0 Å². The van der Waals surface area contributed by atoms with Crippen molar-refractivity contribution in [3.8, 4) is 0 Å². The lowest BCUT2D eigenvalue weighted by atomic mass is 10.1. The fourth-order valence-corrected chi connectivity index (χ4v) is 3.63. The van der Waals surface area contributed by atoms with E-state index >= 15 is 0 Å². The molecule has 1 amide bonds. The van der Waals surface area contributed by atoms with Gasteiger partial charge in [-0.3, -0.25) is 9.69 Å². The first-order valence-electron chi connectivity index (χ1n) is 7.80. The van der Waals surface area contributed by atoms with Crippen molar-refractivity contribution in [2.24, 2.45) is 0 Å². The van der Waals surface area contributed by atoms with Crippen LogP contribution in [0.2, 0.25) is 0 Å². The molecule has 0 radical (unpaired) electrons. The number of alkyl halides is 3. The number of carbonyl (C=O) groups is 1. The van der Waals surface area contributed by atoms with Crippen LogP contribution in [0.15, 0.2) is 17.5 Å². The van der Waals surface area contributed by atoms with Gasteiger partial charge in [0.1, 0.15) is 0 Å². The molecule has 1 aliphatic carbocycles. The summed E-state index contributed by atoms with van der Waals surface area (Å²) in [5.41, 5.74) is 0. The Bertz CT molecular complexity index is 527. The Hall–Kier alpha value is -1.12. The number of halogens is 3. The second-order valence-electron chi connectivity index (χ2n) is 6.23. The standard InChI is InChI=1S/C15H20F3N3OS/c16-15(17,18)9-21-5-3-10(4-6-21)19-11-8-12(11)20-14(22)13-2-1-7-23-13/h1-2,7,10-12,19H,3-6,8-9H2,(H,20,22). The number of nitrogens with one attached hydrogen (secondary N) is 2. The van der Waals surface area contributed by atoms with Crippen molar-refractivity contribution in [3.63, 3.8) is 0 Å². The van der Waals surface area contributed by atoms with E-state index < -0.39 is 12.7 Å². The summed E-state index contributed by atoms with van der Waals surface area (Å²) in [6.45, 7) is 0.120. The fourth-order valence-electron chi connectivity index (χ4n) is 3.00. The molecule has 2 unspecified atom stereocenters. The summed E-state index contributed by atoms with van der Waals surface area (Å²) in [6.07, 6.45) is -1.79. The average Bonchev–Trinajstić information content (AvgIpc) is 2.99. The first-order chi connectivity index (χ1) is 10.9. The molecule has 3 rings (SSSR count). The number of likely N-dealkylation sites (tertiary alicyclic amines) is 1. The van der Waals surface area contributed by atoms with Gasteiger partial charge < -0.3 is 10.6 Å². The summed E-state index contributed by atoms with van der Waals surface area (Å²) in [5.74, 6) is -0.0469. The summed E-state index contributed by atoms with van der Waals surface area (Å²) < 4.78 is 37.1. The summed E-state index contributed by atoms with van der Waals surface area (Å²) in [4.78, 5) is 14.1. The minimum absolute atomic E-state index is 0.0469. The molecular formula is C15H20F3N3OS. The van der Waals surface area contributed by atoms with Gasteiger partial charge in [-0.05, 0) is 43.8 Å². The largest absolute Gasteiger partial charge is 0.401 e. The number of hydrogen-bond donors (Lipinski definition) is 2.